The molecule has 1 fully saturated rings. The number of aromatic nitrogens is 1. The van der Waals surface area contributed by atoms with Crippen molar-refractivity contribution in [1.29, 1.82) is 0 Å². The van der Waals surface area contributed by atoms with Crippen LogP contribution in [0.5, 0.6) is 0 Å². The van der Waals surface area contributed by atoms with Gasteiger partial charge < -0.3 is 4.74 Å². The lowest BCUT2D eigenvalue weighted by Gasteiger charge is -1.88. The summed E-state index contributed by atoms with van der Waals surface area (Å²) in [5.41, 5.74) is 1.05. The van der Waals surface area contributed by atoms with Gasteiger partial charge in [0.05, 0.1) is 12.3 Å². The van der Waals surface area contributed by atoms with E-state index in [2.05, 4.69) is 4.98 Å². The first-order valence-corrected chi connectivity index (χ1v) is 3.99. The molecule has 0 aliphatic carbocycles. The van der Waals surface area contributed by atoms with Crippen LogP contribution in [-0.4, -0.2) is 11.6 Å². The van der Waals surface area contributed by atoms with Crippen molar-refractivity contribution in [1.82, 2.24) is 4.98 Å². The summed E-state index contributed by atoms with van der Waals surface area (Å²) in [7, 11) is 0. The minimum atomic E-state index is 0.297. The maximum atomic E-state index is 5.03. The van der Waals surface area contributed by atoms with Gasteiger partial charge in [-0.2, -0.15) is 0 Å². The Morgan fingerprint density at radius 1 is 1.45 bits per heavy atom. The zero-order valence-electron chi connectivity index (χ0n) is 6.95. The second kappa shape index (κ2) is 4.09. The molecule has 2 rings (SSSR count). The van der Waals surface area contributed by atoms with E-state index in [4.69, 9.17) is 4.74 Å². The average Bonchev–Trinajstić information content (AvgIpc) is 2.92. The highest BCUT2D eigenvalue weighted by molar-refractivity contribution is 5.09. The van der Waals surface area contributed by atoms with Crippen molar-refractivity contribution in [3.05, 3.63) is 30.1 Å². The predicted molar refractivity (Wildman–Crippen MR) is 44.3 cm³/mol. The Kier molecular flexibility index (Phi) is 3.05. The molecule has 1 aliphatic rings. The zero-order valence-corrected chi connectivity index (χ0v) is 6.95. The molecule has 0 spiro atoms. The van der Waals surface area contributed by atoms with Gasteiger partial charge in [-0.25, -0.2) is 0 Å². The quantitative estimate of drug-likeness (QED) is 0.575. The summed E-state index contributed by atoms with van der Waals surface area (Å²) in [6.07, 6.45) is 2.09. The fraction of sp³-hybridized carbons (Fsp3) is 0.444. The molecule has 1 aromatic heterocycles. The number of nitrogens with zero attached hydrogens (tertiary/aromatic N) is 1. The molecule has 1 aromatic rings. The molecule has 1 atom stereocenters. The first kappa shape index (κ1) is 8.21. The first-order chi connectivity index (χ1) is 5.47. The fourth-order valence-electron chi connectivity index (χ4n) is 0.785. The zero-order chi connectivity index (χ0) is 8.10. The molecule has 0 N–H and O–H groups in total. The summed E-state index contributed by atoms with van der Waals surface area (Å²) < 4.78 is 5.03. The highest BCUT2D eigenvalue weighted by Crippen LogP contribution is 2.26. The molecule has 0 amide bonds. The normalized spacial score (nSPS) is 20.0. The molecule has 0 saturated carbocycles. The average molecular weight is 151 g/mol. The molecular formula is C9H13NO. The van der Waals surface area contributed by atoms with Gasteiger partial charge in [0, 0.05) is 6.20 Å². The topological polar surface area (TPSA) is 25.4 Å². The van der Waals surface area contributed by atoms with E-state index in [0.717, 1.165) is 12.3 Å². The molecule has 0 radical (unpaired) electrons. The third-order valence-corrected chi connectivity index (χ3v) is 1.35. The van der Waals surface area contributed by atoms with Gasteiger partial charge in [0.25, 0.3) is 0 Å². The fourth-order valence-corrected chi connectivity index (χ4v) is 0.785. The third-order valence-electron chi connectivity index (χ3n) is 1.35. The van der Waals surface area contributed by atoms with E-state index in [9.17, 15) is 0 Å². The van der Waals surface area contributed by atoms with Gasteiger partial charge in [0.1, 0.15) is 6.10 Å². The maximum Gasteiger partial charge on any atom is 0.123 e. The minimum Gasteiger partial charge on any atom is -0.366 e. The molecular weight excluding hydrogens is 138 g/mol. The van der Waals surface area contributed by atoms with E-state index in [-0.39, 0.29) is 0 Å². The smallest absolute Gasteiger partial charge is 0.123 e. The Morgan fingerprint density at radius 2 is 2.18 bits per heavy atom. The van der Waals surface area contributed by atoms with Crippen molar-refractivity contribution < 1.29 is 4.74 Å². The summed E-state index contributed by atoms with van der Waals surface area (Å²) in [4.78, 5) is 4.12. The van der Waals surface area contributed by atoms with Gasteiger partial charge in [-0.3, -0.25) is 4.98 Å². The second-order valence-electron chi connectivity index (χ2n) is 2.08. The summed E-state index contributed by atoms with van der Waals surface area (Å²) in [5.74, 6) is 0. The van der Waals surface area contributed by atoms with E-state index in [1.165, 1.54) is 0 Å². The number of hydrogen-bond donors (Lipinski definition) is 0. The third kappa shape index (κ3) is 2.31. The molecule has 1 saturated heterocycles. The van der Waals surface area contributed by atoms with E-state index in [1.807, 2.05) is 32.0 Å². The van der Waals surface area contributed by atoms with Crippen LogP contribution in [0.4, 0.5) is 0 Å². The maximum absolute atomic E-state index is 5.03. The van der Waals surface area contributed by atoms with E-state index < -0.39 is 0 Å². The van der Waals surface area contributed by atoms with Crippen molar-refractivity contribution in [2.75, 3.05) is 6.61 Å². The minimum absolute atomic E-state index is 0.297. The number of ether oxygens (including phenoxy) is 1. The Morgan fingerprint density at radius 3 is 2.64 bits per heavy atom. The van der Waals surface area contributed by atoms with Crippen molar-refractivity contribution in [2.45, 2.75) is 20.0 Å². The van der Waals surface area contributed by atoms with Crippen LogP contribution in [0.1, 0.15) is 25.6 Å². The van der Waals surface area contributed by atoms with Crippen LogP contribution in [0.25, 0.3) is 0 Å². The molecule has 2 nitrogen and oxygen atoms in total. The first-order valence-electron chi connectivity index (χ1n) is 3.99. The van der Waals surface area contributed by atoms with E-state index in [1.54, 1.807) is 6.20 Å². The number of rotatable bonds is 1. The predicted octanol–water partition coefficient (Wildman–Crippen LogP) is 2.18. The Labute approximate surface area is 67.2 Å². The molecule has 1 unspecified atom stereocenters. The van der Waals surface area contributed by atoms with Crippen molar-refractivity contribution in [3.63, 3.8) is 0 Å². The van der Waals surface area contributed by atoms with Crippen LogP contribution < -0.4 is 0 Å². The molecule has 60 valence electrons. The van der Waals surface area contributed by atoms with Gasteiger partial charge in [0.2, 0.25) is 0 Å². The van der Waals surface area contributed by atoms with E-state index in [0.29, 0.717) is 6.10 Å². The summed E-state index contributed by atoms with van der Waals surface area (Å²) in [6, 6.07) is 5.87. The highest BCUT2D eigenvalue weighted by atomic mass is 16.6. The van der Waals surface area contributed by atoms with Gasteiger partial charge in [-0.15, -0.1) is 0 Å². The summed E-state index contributed by atoms with van der Waals surface area (Å²) >= 11 is 0. The highest BCUT2D eigenvalue weighted by Gasteiger charge is 2.25. The molecule has 1 aliphatic heterocycles. The Balaban J connectivity index is 0.000000281. The molecule has 11 heavy (non-hydrogen) atoms. The summed E-state index contributed by atoms with van der Waals surface area (Å²) in [5, 5.41) is 0. The van der Waals surface area contributed by atoms with Gasteiger partial charge in [0.15, 0.2) is 0 Å². The SMILES string of the molecule is CC.c1ccc(C2CO2)nc1. The summed E-state index contributed by atoms with van der Waals surface area (Å²) in [6.45, 7) is 4.84. The lowest BCUT2D eigenvalue weighted by atomic mass is 10.3. The largest absolute Gasteiger partial charge is 0.366 e. The number of hydrogen-bond acceptors (Lipinski definition) is 2. The second-order valence-corrected chi connectivity index (χ2v) is 2.08. The van der Waals surface area contributed by atoms with Crippen molar-refractivity contribution in [3.8, 4) is 0 Å². The molecule has 0 bridgehead atoms. The van der Waals surface area contributed by atoms with Crippen molar-refractivity contribution in [2.24, 2.45) is 0 Å². The van der Waals surface area contributed by atoms with Crippen LogP contribution in [0.3, 0.4) is 0 Å². The van der Waals surface area contributed by atoms with Crippen LogP contribution in [-0.2, 0) is 4.74 Å². The standard InChI is InChI=1S/C7H7NO.C2H6/c1-2-4-8-6(3-1)7-5-9-7;1-2/h1-4,7H,5H2;1-2H3. The van der Waals surface area contributed by atoms with Gasteiger partial charge in [-0.1, -0.05) is 19.9 Å². The van der Waals surface area contributed by atoms with Crippen LogP contribution in [0.2, 0.25) is 0 Å². The number of pyridine rings is 1. The number of epoxide rings is 1. The van der Waals surface area contributed by atoms with Crippen LogP contribution >= 0.6 is 0 Å². The van der Waals surface area contributed by atoms with Crippen molar-refractivity contribution >= 4 is 0 Å². The monoisotopic (exact) mass is 151 g/mol. The Bertz CT molecular complexity index is 194. The van der Waals surface area contributed by atoms with Gasteiger partial charge in [-0.05, 0) is 12.1 Å². The lowest BCUT2D eigenvalue weighted by Crippen LogP contribution is -1.82. The Hall–Kier alpha value is -0.890. The lowest BCUT2D eigenvalue weighted by molar-refractivity contribution is 0.411. The molecule has 0 aromatic carbocycles. The molecule has 2 heteroatoms. The van der Waals surface area contributed by atoms with Gasteiger partial charge >= 0.3 is 0 Å². The van der Waals surface area contributed by atoms with E-state index >= 15 is 0 Å². The van der Waals surface area contributed by atoms with Crippen LogP contribution in [0, 0.1) is 0 Å². The molecule has 2 heterocycles. The van der Waals surface area contributed by atoms with Crippen LogP contribution in [0.15, 0.2) is 24.4 Å².